The molecule has 2 aromatic rings. The van der Waals surface area contributed by atoms with Crippen molar-refractivity contribution in [3.63, 3.8) is 0 Å². The van der Waals surface area contributed by atoms with Crippen LogP contribution >= 0.6 is 0 Å². The smallest absolute Gasteiger partial charge is 0.328 e. The average molecular weight is 355 g/mol. The Morgan fingerprint density at radius 2 is 1.73 bits per heavy atom. The molecule has 1 atom stereocenters. The number of carbonyl (C=O) groups is 3. The summed E-state index contributed by atoms with van der Waals surface area (Å²) in [5.41, 5.74) is 2.76. The quantitative estimate of drug-likeness (QED) is 0.831. The Kier molecular flexibility index (Phi) is 4.71. The van der Waals surface area contributed by atoms with Gasteiger partial charge in [-0.2, -0.15) is 0 Å². The van der Waals surface area contributed by atoms with Crippen LogP contribution in [0, 0.1) is 25.6 Å². The number of anilines is 2. The van der Waals surface area contributed by atoms with Gasteiger partial charge in [-0.05, 0) is 61.4 Å². The average Bonchev–Trinajstić information content (AvgIpc) is 2.55. The summed E-state index contributed by atoms with van der Waals surface area (Å²) in [6.45, 7) is 3.72. The normalized spacial score (nSPS) is 17.0. The third kappa shape index (κ3) is 3.56. The summed E-state index contributed by atoms with van der Waals surface area (Å²) < 4.78 is 13.1. The van der Waals surface area contributed by atoms with E-state index in [1.54, 1.807) is 12.1 Å². The number of hydrogen-bond acceptors (Lipinski definition) is 3. The zero-order valence-corrected chi connectivity index (χ0v) is 14.4. The molecule has 0 bridgehead atoms. The summed E-state index contributed by atoms with van der Waals surface area (Å²) >= 11 is 0. The molecule has 4 amide bonds. The molecular weight excluding hydrogens is 337 g/mol. The van der Waals surface area contributed by atoms with Crippen molar-refractivity contribution in [2.24, 2.45) is 5.92 Å². The lowest BCUT2D eigenvalue weighted by Gasteiger charge is -2.30. The first-order valence-electron chi connectivity index (χ1n) is 8.11. The largest absolute Gasteiger partial charge is 0.336 e. The molecule has 1 unspecified atom stereocenters. The number of urea groups is 1. The molecule has 0 spiro atoms. The van der Waals surface area contributed by atoms with E-state index in [0.717, 1.165) is 28.2 Å². The number of nitrogens with zero attached hydrogens (tertiary/aromatic N) is 1. The van der Waals surface area contributed by atoms with E-state index in [1.807, 2.05) is 19.9 Å². The van der Waals surface area contributed by atoms with Crippen molar-refractivity contribution in [3.8, 4) is 0 Å². The monoisotopic (exact) mass is 355 g/mol. The Hall–Kier alpha value is -3.22. The van der Waals surface area contributed by atoms with Crippen LogP contribution in [-0.4, -0.2) is 24.4 Å². The predicted octanol–water partition coefficient (Wildman–Crippen LogP) is 2.75. The minimum absolute atomic E-state index is 0.0913. The summed E-state index contributed by atoms with van der Waals surface area (Å²) in [5, 5.41) is 5.25. The van der Waals surface area contributed by atoms with E-state index >= 15 is 0 Å². The van der Waals surface area contributed by atoms with Crippen LogP contribution in [0.5, 0.6) is 0 Å². The zero-order chi connectivity index (χ0) is 18.8. The van der Waals surface area contributed by atoms with Crippen molar-refractivity contribution in [2.45, 2.75) is 13.8 Å². The minimum atomic E-state index is -1.07. The predicted molar refractivity (Wildman–Crippen MR) is 95.3 cm³/mol. The highest BCUT2D eigenvalue weighted by molar-refractivity contribution is 6.23. The fourth-order valence-corrected chi connectivity index (χ4v) is 2.93. The van der Waals surface area contributed by atoms with Gasteiger partial charge in [0, 0.05) is 12.2 Å². The fraction of sp³-hybridized carbons (Fsp3) is 0.211. The summed E-state index contributed by atoms with van der Waals surface area (Å²) in [7, 11) is 0. The molecule has 1 aliphatic rings. The van der Waals surface area contributed by atoms with Crippen LogP contribution in [0.4, 0.5) is 20.6 Å². The van der Waals surface area contributed by atoms with Gasteiger partial charge in [0.25, 0.3) is 0 Å². The molecule has 6 nitrogen and oxygen atoms in total. The van der Waals surface area contributed by atoms with Crippen LogP contribution in [-0.2, 0) is 9.59 Å². The highest BCUT2D eigenvalue weighted by atomic mass is 19.1. The lowest BCUT2D eigenvalue weighted by Crippen LogP contribution is -2.58. The molecular formula is C19H18FN3O3. The first-order chi connectivity index (χ1) is 12.3. The molecule has 0 aliphatic carbocycles. The third-order valence-electron chi connectivity index (χ3n) is 4.07. The maximum atomic E-state index is 13.1. The Morgan fingerprint density at radius 3 is 2.35 bits per heavy atom. The van der Waals surface area contributed by atoms with Gasteiger partial charge in [-0.25, -0.2) is 14.1 Å². The van der Waals surface area contributed by atoms with Crippen molar-refractivity contribution < 1.29 is 18.8 Å². The van der Waals surface area contributed by atoms with Crippen molar-refractivity contribution >= 4 is 29.2 Å². The highest BCUT2D eigenvalue weighted by Gasteiger charge is 2.39. The molecule has 0 saturated carbocycles. The van der Waals surface area contributed by atoms with Crippen molar-refractivity contribution in [1.82, 2.24) is 5.32 Å². The van der Waals surface area contributed by atoms with Gasteiger partial charge in [-0.3, -0.25) is 9.59 Å². The first kappa shape index (κ1) is 17.6. The van der Waals surface area contributed by atoms with E-state index in [9.17, 15) is 18.8 Å². The number of hydrogen-bond donors (Lipinski definition) is 2. The lowest BCUT2D eigenvalue weighted by molar-refractivity contribution is -0.130. The molecule has 26 heavy (non-hydrogen) atoms. The number of nitrogens with one attached hydrogen (secondary N) is 2. The van der Waals surface area contributed by atoms with E-state index in [-0.39, 0.29) is 12.2 Å². The van der Waals surface area contributed by atoms with Gasteiger partial charge in [0.1, 0.15) is 11.7 Å². The summed E-state index contributed by atoms with van der Waals surface area (Å²) in [5.74, 6) is -2.71. The van der Waals surface area contributed by atoms with Crippen molar-refractivity contribution in [1.29, 1.82) is 0 Å². The lowest BCUT2D eigenvalue weighted by atomic mass is 10.0. The van der Waals surface area contributed by atoms with Crippen LogP contribution in [0.25, 0.3) is 0 Å². The first-order valence-corrected chi connectivity index (χ1v) is 8.11. The topological polar surface area (TPSA) is 78.5 Å². The van der Waals surface area contributed by atoms with Gasteiger partial charge in [-0.1, -0.05) is 6.07 Å². The number of carbonyl (C=O) groups excluding carboxylic acids is 3. The van der Waals surface area contributed by atoms with Crippen LogP contribution in [0.1, 0.15) is 11.1 Å². The zero-order valence-electron chi connectivity index (χ0n) is 14.4. The minimum Gasteiger partial charge on any atom is -0.336 e. The number of benzene rings is 2. The molecule has 2 N–H and O–H groups in total. The van der Waals surface area contributed by atoms with Crippen molar-refractivity contribution in [2.75, 3.05) is 16.8 Å². The molecule has 134 valence electrons. The third-order valence-corrected chi connectivity index (χ3v) is 4.07. The highest BCUT2D eigenvalue weighted by Crippen LogP contribution is 2.22. The molecule has 7 heteroatoms. The van der Waals surface area contributed by atoms with E-state index < -0.39 is 29.6 Å². The van der Waals surface area contributed by atoms with Crippen LogP contribution in [0.3, 0.4) is 0 Å². The number of aryl methyl sites for hydroxylation is 2. The Labute approximate surface area is 150 Å². The standard InChI is InChI=1S/C19H18FN3O3/c1-11-7-12(2)9-14(8-11)22-17(24)16-10-21-19(26)23(18(16)25)15-5-3-13(20)4-6-15/h3-9,16H,10H2,1-2H3,(H,21,26)(H,22,24). The Balaban J connectivity index is 1.81. The van der Waals surface area contributed by atoms with Gasteiger partial charge in [-0.15, -0.1) is 0 Å². The molecule has 3 rings (SSSR count). The van der Waals surface area contributed by atoms with Gasteiger partial charge in [0.2, 0.25) is 11.8 Å². The van der Waals surface area contributed by atoms with Crippen molar-refractivity contribution in [3.05, 3.63) is 59.4 Å². The second kappa shape index (κ2) is 6.95. The fourth-order valence-electron chi connectivity index (χ4n) is 2.93. The van der Waals surface area contributed by atoms with E-state index in [4.69, 9.17) is 0 Å². The van der Waals surface area contributed by atoms with Crippen LogP contribution in [0.2, 0.25) is 0 Å². The van der Waals surface area contributed by atoms with Crippen LogP contribution in [0.15, 0.2) is 42.5 Å². The van der Waals surface area contributed by atoms with Gasteiger partial charge in [0.05, 0.1) is 5.69 Å². The van der Waals surface area contributed by atoms with Gasteiger partial charge >= 0.3 is 6.03 Å². The summed E-state index contributed by atoms with van der Waals surface area (Å²) in [6, 6.07) is 9.86. The van der Waals surface area contributed by atoms with Gasteiger partial charge < -0.3 is 10.6 Å². The summed E-state index contributed by atoms with van der Waals surface area (Å²) in [4.78, 5) is 38.2. The van der Waals surface area contributed by atoms with Gasteiger partial charge in [0.15, 0.2) is 0 Å². The Bertz CT molecular complexity index is 860. The number of imide groups is 1. The molecule has 2 aromatic carbocycles. The Morgan fingerprint density at radius 1 is 1.12 bits per heavy atom. The van der Waals surface area contributed by atoms with E-state index in [2.05, 4.69) is 10.6 Å². The second-order valence-electron chi connectivity index (χ2n) is 6.25. The second-order valence-corrected chi connectivity index (χ2v) is 6.25. The molecule has 1 saturated heterocycles. The molecule has 0 radical (unpaired) electrons. The number of amides is 4. The van der Waals surface area contributed by atoms with E-state index in [1.165, 1.54) is 12.1 Å². The number of rotatable bonds is 3. The molecule has 0 aromatic heterocycles. The SMILES string of the molecule is Cc1cc(C)cc(NC(=O)C2CNC(=O)N(c3ccc(F)cc3)C2=O)c1. The molecule has 1 aliphatic heterocycles. The molecule has 1 fully saturated rings. The number of halogens is 1. The maximum Gasteiger partial charge on any atom is 0.328 e. The summed E-state index contributed by atoms with van der Waals surface area (Å²) in [6.07, 6.45) is 0. The molecule has 1 heterocycles. The maximum absolute atomic E-state index is 13.1. The van der Waals surface area contributed by atoms with E-state index in [0.29, 0.717) is 5.69 Å². The van der Waals surface area contributed by atoms with Crippen LogP contribution < -0.4 is 15.5 Å².